The van der Waals surface area contributed by atoms with Crippen LogP contribution >= 0.6 is 0 Å². The molecule has 0 saturated carbocycles. The van der Waals surface area contributed by atoms with Gasteiger partial charge in [0.25, 0.3) is 5.91 Å². The fraction of sp³-hybridized carbons (Fsp3) is 0.188. The first-order valence-corrected chi connectivity index (χ1v) is 6.47. The molecule has 1 aromatic carbocycles. The van der Waals surface area contributed by atoms with E-state index in [9.17, 15) is 4.79 Å². The minimum absolute atomic E-state index is 0.135. The Hall–Kier alpha value is -2.49. The first-order chi connectivity index (χ1) is 9.54. The highest BCUT2D eigenvalue weighted by Gasteiger charge is 2.15. The molecular weight excluding hydrogens is 252 g/mol. The summed E-state index contributed by atoms with van der Waals surface area (Å²) >= 11 is 0. The molecule has 0 unspecified atom stereocenters. The quantitative estimate of drug-likeness (QED) is 0.771. The molecule has 3 rings (SSSR count). The van der Waals surface area contributed by atoms with Gasteiger partial charge >= 0.3 is 0 Å². The Morgan fingerprint density at radius 3 is 2.50 bits per heavy atom. The van der Waals surface area contributed by atoms with Gasteiger partial charge in [0.05, 0.1) is 11.8 Å². The van der Waals surface area contributed by atoms with E-state index in [1.807, 2.05) is 43.7 Å². The molecule has 4 nitrogen and oxygen atoms in total. The second kappa shape index (κ2) is 4.56. The molecular formula is C16H16N2O2. The summed E-state index contributed by atoms with van der Waals surface area (Å²) in [5.74, 6) is -0.135. The van der Waals surface area contributed by atoms with Gasteiger partial charge in [0.15, 0.2) is 5.58 Å². The average molecular weight is 268 g/mol. The first kappa shape index (κ1) is 12.5. The Kier molecular flexibility index (Phi) is 2.86. The Labute approximate surface area is 117 Å². The van der Waals surface area contributed by atoms with Crippen molar-refractivity contribution in [3.05, 3.63) is 53.4 Å². The number of rotatable bonds is 2. The van der Waals surface area contributed by atoms with Crippen molar-refractivity contribution in [3.8, 4) is 0 Å². The standard InChI is InChI=1S/C16H16N2O2/c1-10-6-11(2)8-12(7-10)17-16(19)14-9-15-13(18(14)3)4-5-20-15/h4-9H,1-3H3,(H,17,19). The summed E-state index contributed by atoms with van der Waals surface area (Å²) in [6.07, 6.45) is 1.62. The SMILES string of the molecule is Cc1cc(C)cc(NC(=O)c2cc3occc3n2C)c1. The molecule has 0 aliphatic heterocycles. The highest BCUT2D eigenvalue weighted by atomic mass is 16.3. The summed E-state index contributed by atoms with van der Waals surface area (Å²) in [7, 11) is 1.86. The number of carbonyl (C=O) groups excluding carboxylic acids is 1. The lowest BCUT2D eigenvalue weighted by Gasteiger charge is -2.08. The molecule has 2 aromatic heterocycles. The number of furan rings is 1. The molecule has 102 valence electrons. The molecule has 0 atom stereocenters. The van der Waals surface area contributed by atoms with Crippen molar-refractivity contribution in [3.63, 3.8) is 0 Å². The van der Waals surface area contributed by atoms with E-state index in [4.69, 9.17) is 4.42 Å². The van der Waals surface area contributed by atoms with Crippen LogP contribution in [0.25, 0.3) is 11.1 Å². The van der Waals surface area contributed by atoms with E-state index in [1.165, 1.54) is 0 Å². The molecule has 0 aliphatic rings. The number of amides is 1. The van der Waals surface area contributed by atoms with Crippen molar-refractivity contribution < 1.29 is 9.21 Å². The van der Waals surface area contributed by atoms with Gasteiger partial charge in [-0.15, -0.1) is 0 Å². The maximum Gasteiger partial charge on any atom is 0.272 e. The van der Waals surface area contributed by atoms with Crippen LogP contribution in [0.2, 0.25) is 0 Å². The zero-order valence-electron chi connectivity index (χ0n) is 11.7. The van der Waals surface area contributed by atoms with Gasteiger partial charge in [0, 0.05) is 24.9 Å². The molecule has 2 heterocycles. The van der Waals surface area contributed by atoms with E-state index < -0.39 is 0 Å². The Morgan fingerprint density at radius 2 is 1.85 bits per heavy atom. The van der Waals surface area contributed by atoms with Crippen molar-refractivity contribution in [1.29, 1.82) is 0 Å². The van der Waals surface area contributed by atoms with Crippen LogP contribution in [0.4, 0.5) is 5.69 Å². The number of hydrogen-bond acceptors (Lipinski definition) is 2. The zero-order chi connectivity index (χ0) is 14.3. The molecule has 0 radical (unpaired) electrons. The van der Waals surface area contributed by atoms with E-state index in [0.717, 1.165) is 27.9 Å². The second-order valence-electron chi connectivity index (χ2n) is 5.09. The van der Waals surface area contributed by atoms with Crippen LogP contribution < -0.4 is 5.32 Å². The Balaban J connectivity index is 1.92. The van der Waals surface area contributed by atoms with Gasteiger partial charge in [-0.3, -0.25) is 4.79 Å². The molecule has 0 bridgehead atoms. The van der Waals surface area contributed by atoms with Crippen LogP contribution in [-0.2, 0) is 7.05 Å². The van der Waals surface area contributed by atoms with E-state index >= 15 is 0 Å². The predicted molar refractivity (Wildman–Crippen MR) is 79.1 cm³/mol. The number of hydrogen-bond donors (Lipinski definition) is 1. The fourth-order valence-corrected chi connectivity index (χ4v) is 2.51. The normalized spacial score (nSPS) is 10.9. The third-order valence-corrected chi connectivity index (χ3v) is 3.38. The van der Waals surface area contributed by atoms with Gasteiger partial charge in [-0.25, -0.2) is 0 Å². The lowest BCUT2D eigenvalue weighted by molar-refractivity contribution is 0.101. The molecule has 3 aromatic rings. The number of carbonyl (C=O) groups is 1. The second-order valence-corrected chi connectivity index (χ2v) is 5.09. The van der Waals surface area contributed by atoms with Crippen molar-refractivity contribution in [2.45, 2.75) is 13.8 Å². The smallest absolute Gasteiger partial charge is 0.272 e. The minimum Gasteiger partial charge on any atom is -0.463 e. The average Bonchev–Trinajstić information content (AvgIpc) is 2.91. The maximum atomic E-state index is 12.4. The summed E-state index contributed by atoms with van der Waals surface area (Å²) in [4.78, 5) is 12.4. The third kappa shape index (κ3) is 2.09. The minimum atomic E-state index is -0.135. The van der Waals surface area contributed by atoms with Gasteiger partial charge in [0.1, 0.15) is 5.69 Å². The molecule has 0 saturated heterocycles. The van der Waals surface area contributed by atoms with Crippen LogP contribution in [0.5, 0.6) is 0 Å². The lowest BCUT2D eigenvalue weighted by Crippen LogP contribution is -2.15. The van der Waals surface area contributed by atoms with Crippen molar-refractivity contribution >= 4 is 22.7 Å². The summed E-state index contributed by atoms with van der Waals surface area (Å²) in [6, 6.07) is 9.59. The number of aryl methyl sites for hydroxylation is 3. The molecule has 20 heavy (non-hydrogen) atoms. The Morgan fingerprint density at radius 1 is 1.15 bits per heavy atom. The molecule has 1 amide bonds. The molecule has 0 aliphatic carbocycles. The maximum absolute atomic E-state index is 12.4. The monoisotopic (exact) mass is 268 g/mol. The van der Waals surface area contributed by atoms with Crippen LogP contribution in [0.15, 0.2) is 41.0 Å². The fourth-order valence-electron chi connectivity index (χ4n) is 2.51. The molecule has 4 heteroatoms. The summed E-state index contributed by atoms with van der Waals surface area (Å²) in [5.41, 5.74) is 5.28. The Bertz CT molecular complexity index is 776. The van der Waals surface area contributed by atoms with E-state index in [2.05, 4.69) is 11.4 Å². The van der Waals surface area contributed by atoms with Crippen LogP contribution in [0, 0.1) is 13.8 Å². The van der Waals surface area contributed by atoms with Gasteiger partial charge in [0.2, 0.25) is 0 Å². The van der Waals surface area contributed by atoms with Gasteiger partial charge in [-0.05, 0) is 37.1 Å². The van der Waals surface area contributed by atoms with Crippen LogP contribution in [0.1, 0.15) is 21.6 Å². The number of benzene rings is 1. The first-order valence-electron chi connectivity index (χ1n) is 6.47. The van der Waals surface area contributed by atoms with Crippen LogP contribution in [-0.4, -0.2) is 10.5 Å². The van der Waals surface area contributed by atoms with E-state index in [-0.39, 0.29) is 5.91 Å². The summed E-state index contributed by atoms with van der Waals surface area (Å²) < 4.78 is 7.15. The van der Waals surface area contributed by atoms with E-state index in [1.54, 1.807) is 12.3 Å². The van der Waals surface area contributed by atoms with E-state index in [0.29, 0.717) is 5.69 Å². The predicted octanol–water partition coefficient (Wildman–Crippen LogP) is 3.64. The molecule has 1 N–H and O–H groups in total. The van der Waals surface area contributed by atoms with Gasteiger partial charge < -0.3 is 14.3 Å². The number of aromatic nitrogens is 1. The number of fused-ring (bicyclic) bond motifs is 1. The van der Waals surface area contributed by atoms with Crippen molar-refractivity contribution in [2.75, 3.05) is 5.32 Å². The highest BCUT2D eigenvalue weighted by molar-refractivity contribution is 6.05. The van der Waals surface area contributed by atoms with Gasteiger partial charge in [-0.2, -0.15) is 0 Å². The lowest BCUT2D eigenvalue weighted by atomic mass is 10.1. The summed E-state index contributed by atoms with van der Waals surface area (Å²) in [6.45, 7) is 4.02. The molecule has 0 fully saturated rings. The number of nitrogens with zero attached hydrogens (tertiary/aromatic N) is 1. The van der Waals surface area contributed by atoms with Gasteiger partial charge in [-0.1, -0.05) is 6.07 Å². The highest BCUT2D eigenvalue weighted by Crippen LogP contribution is 2.21. The third-order valence-electron chi connectivity index (χ3n) is 3.38. The van der Waals surface area contributed by atoms with Crippen molar-refractivity contribution in [1.82, 2.24) is 4.57 Å². The largest absolute Gasteiger partial charge is 0.463 e. The number of nitrogens with one attached hydrogen (secondary N) is 1. The zero-order valence-corrected chi connectivity index (χ0v) is 11.7. The topological polar surface area (TPSA) is 47.2 Å². The summed E-state index contributed by atoms with van der Waals surface area (Å²) in [5, 5.41) is 2.93. The van der Waals surface area contributed by atoms with Crippen molar-refractivity contribution in [2.24, 2.45) is 7.05 Å². The number of anilines is 1. The molecule has 0 spiro atoms. The van der Waals surface area contributed by atoms with Crippen LogP contribution in [0.3, 0.4) is 0 Å².